The lowest BCUT2D eigenvalue weighted by atomic mass is 10.2. The van der Waals surface area contributed by atoms with Crippen molar-refractivity contribution in [3.8, 4) is 0 Å². The van der Waals surface area contributed by atoms with Crippen LogP contribution in [0.4, 0.5) is 4.39 Å². The molecule has 0 aliphatic heterocycles. The molecule has 1 rings (SSSR count). The molecule has 0 unspecified atom stereocenters. The molecule has 16 heavy (non-hydrogen) atoms. The third kappa shape index (κ3) is 3.84. The van der Waals surface area contributed by atoms with E-state index in [9.17, 15) is 12.8 Å². The lowest BCUT2D eigenvalue weighted by Gasteiger charge is -2.06. The van der Waals surface area contributed by atoms with Crippen molar-refractivity contribution in [1.29, 1.82) is 0 Å². The van der Waals surface area contributed by atoms with Gasteiger partial charge in [-0.15, -0.1) is 0 Å². The standard InChI is InChI=1S/C10H13BrFNO2S/c11-10-8(3-1-4-9(10)12)7-16(14,15)6-2-5-13/h1,3-4H,2,5-7,13H2. The van der Waals surface area contributed by atoms with Crippen LogP contribution < -0.4 is 5.73 Å². The Morgan fingerprint density at radius 2 is 2.06 bits per heavy atom. The largest absolute Gasteiger partial charge is 0.330 e. The van der Waals surface area contributed by atoms with Gasteiger partial charge in [0.15, 0.2) is 9.84 Å². The summed E-state index contributed by atoms with van der Waals surface area (Å²) in [4.78, 5) is 0. The molecule has 6 heteroatoms. The maximum atomic E-state index is 13.1. The zero-order valence-corrected chi connectivity index (χ0v) is 11.0. The van der Waals surface area contributed by atoms with Gasteiger partial charge in [0.2, 0.25) is 0 Å². The van der Waals surface area contributed by atoms with E-state index in [1.165, 1.54) is 12.1 Å². The van der Waals surface area contributed by atoms with Crippen LogP contribution in [-0.2, 0) is 15.6 Å². The van der Waals surface area contributed by atoms with Crippen LogP contribution in [0.2, 0.25) is 0 Å². The average Bonchev–Trinajstić information content (AvgIpc) is 2.22. The van der Waals surface area contributed by atoms with Gasteiger partial charge in [-0.25, -0.2) is 12.8 Å². The Kier molecular flexibility index (Phi) is 4.89. The second kappa shape index (κ2) is 5.75. The summed E-state index contributed by atoms with van der Waals surface area (Å²) >= 11 is 3.04. The normalized spacial score (nSPS) is 11.7. The van der Waals surface area contributed by atoms with E-state index >= 15 is 0 Å². The summed E-state index contributed by atoms with van der Waals surface area (Å²) in [6.45, 7) is 0.337. The minimum absolute atomic E-state index is 0.0342. The molecule has 0 radical (unpaired) electrons. The highest BCUT2D eigenvalue weighted by Gasteiger charge is 2.14. The monoisotopic (exact) mass is 309 g/mol. The fraction of sp³-hybridized carbons (Fsp3) is 0.400. The number of hydrogen-bond donors (Lipinski definition) is 1. The minimum atomic E-state index is -3.21. The summed E-state index contributed by atoms with van der Waals surface area (Å²) in [6, 6.07) is 4.36. The van der Waals surface area contributed by atoms with Crippen molar-refractivity contribution >= 4 is 25.8 Å². The lowest BCUT2D eigenvalue weighted by Crippen LogP contribution is -2.13. The van der Waals surface area contributed by atoms with Crippen molar-refractivity contribution in [1.82, 2.24) is 0 Å². The maximum Gasteiger partial charge on any atom is 0.154 e. The van der Waals surface area contributed by atoms with Crippen LogP contribution in [0.25, 0.3) is 0 Å². The number of hydrogen-bond acceptors (Lipinski definition) is 3. The van der Waals surface area contributed by atoms with Crippen molar-refractivity contribution in [2.24, 2.45) is 5.73 Å². The molecular formula is C10H13BrFNO2S. The zero-order chi connectivity index (χ0) is 12.2. The molecule has 0 saturated heterocycles. The summed E-state index contributed by atoms with van der Waals surface area (Å²) in [5.41, 5.74) is 5.69. The summed E-state index contributed by atoms with van der Waals surface area (Å²) in [5.74, 6) is -0.579. The number of rotatable bonds is 5. The van der Waals surface area contributed by atoms with Crippen molar-refractivity contribution in [3.63, 3.8) is 0 Å². The quantitative estimate of drug-likeness (QED) is 0.903. The van der Waals surface area contributed by atoms with Crippen LogP contribution in [0.5, 0.6) is 0 Å². The molecular weight excluding hydrogens is 297 g/mol. The minimum Gasteiger partial charge on any atom is -0.330 e. The first-order valence-electron chi connectivity index (χ1n) is 4.79. The van der Waals surface area contributed by atoms with Gasteiger partial charge in [-0.2, -0.15) is 0 Å². The Bertz CT molecular complexity index is 462. The van der Waals surface area contributed by atoms with Gasteiger partial charge >= 0.3 is 0 Å². The number of benzene rings is 1. The Balaban J connectivity index is 2.84. The molecule has 0 amide bonds. The van der Waals surface area contributed by atoms with Crippen LogP contribution in [-0.4, -0.2) is 20.7 Å². The van der Waals surface area contributed by atoms with E-state index in [4.69, 9.17) is 5.73 Å². The van der Waals surface area contributed by atoms with Crippen molar-refractivity contribution in [2.75, 3.05) is 12.3 Å². The average molecular weight is 310 g/mol. The molecule has 0 fully saturated rings. The van der Waals surface area contributed by atoms with Crippen LogP contribution >= 0.6 is 15.9 Å². The molecule has 0 aliphatic rings. The number of sulfone groups is 1. The summed E-state index contributed by atoms with van der Waals surface area (Å²) < 4.78 is 36.6. The predicted octanol–water partition coefficient (Wildman–Crippen LogP) is 1.85. The first-order chi connectivity index (χ1) is 7.46. The molecule has 2 N–H and O–H groups in total. The molecule has 0 atom stereocenters. The summed E-state index contributed by atoms with van der Waals surface area (Å²) in [7, 11) is -3.21. The molecule has 1 aromatic rings. The van der Waals surface area contributed by atoms with Gasteiger partial charge in [0.1, 0.15) is 5.82 Å². The Morgan fingerprint density at radius 3 is 2.69 bits per heavy atom. The van der Waals surface area contributed by atoms with Crippen molar-refractivity contribution in [3.05, 3.63) is 34.1 Å². The molecule has 0 saturated carbocycles. The third-order valence-electron chi connectivity index (χ3n) is 2.07. The highest BCUT2D eigenvalue weighted by molar-refractivity contribution is 9.10. The van der Waals surface area contributed by atoms with Gasteiger partial charge in [-0.1, -0.05) is 12.1 Å². The van der Waals surface area contributed by atoms with Gasteiger partial charge < -0.3 is 5.73 Å². The molecule has 0 aliphatic carbocycles. The van der Waals surface area contributed by atoms with Gasteiger partial charge in [0.05, 0.1) is 16.0 Å². The maximum absolute atomic E-state index is 13.1. The topological polar surface area (TPSA) is 60.2 Å². The van der Waals surface area contributed by atoms with Gasteiger partial charge in [-0.05, 0) is 40.5 Å². The van der Waals surface area contributed by atoms with E-state index in [0.29, 0.717) is 18.5 Å². The van der Waals surface area contributed by atoms with E-state index in [0.717, 1.165) is 0 Å². The van der Waals surface area contributed by atoms with Crippen molar-refractivity contribution in [2.45, 2.75) is 12.2 Å². The smallest absolute Gasteiger partial charge is 0.154 e. The van der Waals surface area contributed by atoms with E-state index in [2.05, 4.69) is 15.9 Å². The highest BCUT2D eigenvalue weighted by atomic mass is 79.9. The molecule has 0 aromatic heterocycles. The van der Waals surface area contributed by atoms with Crippen LogP contribution in [0, 0.1) is 5.82 Å². The summed E-state index contributed by atoms with van der Waals surface area (Å²) in [5, 5.41) is 0. The Hall–Kier alpha value is -0.460. The first kappa shape index (κ1) is 13.6. The second-order valence-electron chi connectivity index (χ2n) is 3.45. The van der Waals surface area contributed by atoms with E-state index in [1.54, 1.807) is 6.07 Å². The lowest BCUT2D eigenvalue weighted by molar-refractivity contribution is 0.591. The SMILES string of the molecule is NCCCS(=O)(=O)Cc1cccc(F)c1Br. The Labute approximate surface area is 103 Å². The molecule has 0 spiro atoms. The number of nitrogens with two attached hydrogens (primary N) is 1. The molecule has 1 aromatic carbocycles. The van der Waals surface area contributed by atoms with Crippen molar-refractivity contribution < 1.29 is 12.8 Å². The molecule has 3 nitrogen and oxygen atoms in total. The zero-order valence-electron chi connectivity index (χ0n) is 8.62. The predicted molar refractivity (Wildman–Crippen MR) is 65.3 cm³/mol. The number of halogens is 2. The molecule has 0 bridgehead atoms. The van der Waals surface area contributed by atoms with Gasteiger partial charge in [-0.3, -0.25) is 0 Å². The third-order valence-corrected chi connectivity index (χ3v) is 4.62. The fourth-order valence-electron chi connectivity index (χ4n) is 1.27. The van der Waals surface area contributed by atoms with E-state index < -0.39 is 15.7 Å². The first-order valence-corrected chi connectivity index (χ1v) is 7.41. The van der Waals surface area contributed by atoms with Crippen LogP contribution in [0.15, 0.2) is 22.7 Å². The fourth-order valence-corrected chi connectivity index (χ4v) is 3.33. The molecule has 90 valence electrons. The van der Waals surface area contributed by atoms with Crippen LogP contribution in [0.1, 0.15) is 12.0 Å². The highest BCUT2D eigenvalue weighted by Crippen LogP contribution is 2.22. The second-order valence-corrected chi connectivity index (χ2v) is 6.42. The van der Waals surface area contributed by atoms with E-state index in [1.807, 2.05) is 0 Å². The Morgan fingerprint density at radius 1 is 1.38 bits per heavy atom. The van der Waals surface area contributed by atoms with Crippen LogP contribution in [0.3, 0.4) is 0 Å². The van der Waals surface area contributed by atoms with E-state index in [-0.39, 0.29) is 16.0 Å². The van der Waals surface area contributed by atoms with Gasteiger partial charge in [0, 0.05) is 0 Å². The molecule has 0 heterocycles. The van der Waals surface area contributed by atoms with Gasteiger partial charge in [0.25, 0.3) is 0 Å². The summed E-state index contributed by atoms with van der Waals surface area (Å²) in [6.07, 6.45) is 0.426.